The molecule has 2 aromatic heterocycles. The van der Waals surface area contributed by atoms with E-state index in [1.54, 1.807) is 11.0 Å². The van der Waals surface area contributed by atoms with Gasteiger partial charge in [-0.1, -0.05) is 18.2 Å². The topological polar surface area (TPSA) is 104 Å². The fraction of sp³-hybridized carbons (Fsp3) is 0.286. The van der Waals surface area contributed by atoms with Gasteiger partial charge in [0.15, 0.2) is 5.82 Å². The monoisotopic (exact) mass is 424 g/mol. The Hall–Kier alpha value is -3.82. The van der Waals surface area contributed by atoms with Crippen LogP contribution in [-0.2, 0) is 6.54 Å². The van der Waals surface area contributed by atoms with Crippen molar-refractivity contribution in [3.63, 3.8) is 0 Å². The van der Waals surface area contributed by atoms with Crippen molar-refractivity contribution in [1.29, 1.82) is 0 Å². The summed E-state index contributed by atoms with van der Waals surface area (Å²) in [6.45, 7) is 3.45. The highest BCUT2D eigenvalue weighted by Crippen LogP contribution is 2.14. The predicted octanol–water partition coefficient (Wildman–Crippen LogP) is 0.785. The SMILES string of the molecule is Cc1ccc(N2CCN(C(=O)c3c[nH]c(=O)n(Cc4ccccc4F)c3=O)CC2)nn1. The number of aromatic amines is 1. The van der Waals surface area contributed by atoms with Gasteiger partial charge in [0.05, 0.1) is 12.2 Å². The molecule has 4 rings (SSSR count). The molecule has 160 valence electrons. The van der Waals surface area contributed by atoms with Crippen LogP contribution >= 0.6 is 0 Å². The lowest BCUT2D eigenvalue weighted by atomic mass is 10.2. The van der Waals surface area contributed by atoms with Gasteiger partial charge >= 0.3 is 5.69 Å². The number of benzene rings is 1. The first-order chi connectivity index (χ1) is 14.9. The number of hydrogen-bond donors (Lipinski definition) is 1. The molecule has 9 nitrogen and oxygen atoms in total. The highest BCUT2D eigenvalue weighted by molar-refractivity contribution is 5.93. The molecule has 0 aliphatic carbocycles. The highest BCUT2D eigenvalue weighted by atomic mass is 19.1. The molecule has 3 aromatic rings. The number of carbonyl (C=O) groups excluding carboxylic acids is 1. The lowest BCUT2D eigenvalue weighted by molar-refractivity contribution is 0.0743. The van der Waals surface area contributed by atoms with Gasteiger partial charge in [-0.05, 0) is 25.1 Å². The van der Waals surface area contributed by atoms with Gasteiger partial charge in [0.1, 0.15) is 11.4 Å². The lowest BCUT2D eigenvalue weighted by Gasteiger charge is -2.35. The number of piperazine rings is 1. The molecule has 1 fully saturated rings. The van der Waals surface area contributed by atoms with Crippen LogP contribution in [0.4, 0.5) is 10.2 Å². The Labute approximate surface area is 176 Å². The van der Waals surface area contributed by atoms with Gasteiger partial charge in [-0.2, -0.15) is 5.10 Å². The van der Waals surface area contributed by atoms with Crippen LogP contribution in [0.25, 0.3) is 0 Å². The number of anilines is 1. The van der Waals surface area contributed by atoms with Gasteiger partial charge in [-0.3, -0.25) is 14.2 Å². The number of H-pyrrole nitrogens is 1. The zero-order valence-electron chi connectivity index (χ0n) is 16.9. The molecule has 3 heterocycles. The Kier molecular flexibility index (Phi) is 5.61. The van der Waals surface area contributed by atoms with Crippen molar-refractivity contribution in [2.24, 2.45) is 0 Å². The van der Waals surface area contributed by atoms with Gasteiger partial charge < -0.3 is 14.8 Å². The minimum atomic E-state index is -0.746. The third-order valence-electron chi connectivity index (χ3n) is 5.25. The van der Waals surface area contributed by atoms with E-state index in [1.165, 1.54) is 18.2 Å². The molecule has 0 unspecified atom stereocenters. The molecule has 1 N–H and O–H groups in total. The quantitative estimate of drug-likeness (QED) is 0.664. The molecule has 0 bridgehead atoms. The summed E-state index contributed by atoms with van der Waals surface area (Å²) in [6, 6.07) is 9.63. The van der Waals surface area contributed by atoms with Crippen molar-refractivity contribution in [2.45, 2.75) is 13.5 Å². The molecular weight excluding hydrogens is 403 g/mol. The van der Waals surface area contributed by atoms with Gasteiger partial charge in [0, 0.05) is 37.9 Å². The fourth-order valence-electron chi connectivity index (χ4n) is 3.47. The minimum absolute atomic E-state index is 0.153. The van der Waals surface area contributed by atoms with E-state index in [9.17, 15) is 18.8 Å². The minimum Gasteiger partial charge on any atom is -0.352 e. The van der Waals surface area contributed by atoms with Crippen molar-refractivity contribution in [3.8, 4) is 0 Å². The van der Waals surface area contributed by atoms with Crippen LogP contribution in [0.2, 0.25) is 0 Å². The van der Waals surface area contributed by atoms with E-state index in [0.717, 1.165) is 22.3 Å². The molecule has 0 saturated carbocycles. The zero-order valence-corrected chi connectivity index (χ0v) is 16.9. The molecule has 0 spiro atoms. The number of amides is 1. The van der Waals surface area contributed by atoms with Crippen LogP contribution < -0.4 is 16.1 Å². The number of carbonyl (C=O) groups is 1. The van der Waals surface area contributed by atoms with Crippen LogP contribution in [0, 0.1) is 12.7 Å². The van der Waals surface area contributed by atoms with Crippen molar-refractivity contribution in [3.05, 3.63) is 86.1 Å². The van der Waals surface area contributed by atoms with E-state index in [-0.39, 0.29) is 17.7 Å². The summed E-state index contributed by atoms with van der Waals surface area (Å²) in [5.41, 5.74) is -0.592. The molecule has 0 radical (unpaired) electrons. The summed E-state index contributed by atoms with van der Waals surface area (Å²) >= 11 is 0. The molecular formula is C21H21FN6O3. The summed E-state index contributed by atoms with van der Waals surface area (Å²) in [5.74, 6) is -0.270. The molecule has 31 heavy (non-hydrogen) atoms. The number of halogens is 1. The number of aryl methyl sites for hydroxylation is 1. The number of hydrogen-bond acceptors (Lipinski definition) is 6. The second-order valence-corrected chi connectivity index (χ2v) is 7.30. The first-order valence-corrected chi connectivity index (χ1v) is 9.84. The van der Waals surface area contributed by atoms with Gasteiger partial charge in [0.25, 0.3) is 11.5 Å². The third-order valence-corrected chi connectivity index (χ3v) is 5.25. The Bertz CT molecular complexity index is 1210. The van der Waals surface area contributed by atoms with Crippen molar-refractivity contribution in [2.75, 3.05) is 31.1 Å². The first kappa shape index (κ1) is 20.5. The van der Waals surface area contributed by atoms with Crippen LogP contribution in [0.3, 0.4) is 0 Å². The van der Waals surface area contributed by atoms with E-state index in [2.05, 4.69) is 15.2 Å². The Morgan fingerprint density at radius 1 is 1.06 bits per heavy atom. The smallest absolute Gasteiger partial charge is 0.328 e. The number of nitrogens with one attached hydrogen (secondary N) is 1. The van der Waals surface area contributed by atoms with Crippen LogP contribution in [0.15, 0.2) is 52.2 Å². The Morgan fingerprint density at radius 2 is 1.81 bits per heavy atom. The van der Waals surface area contributed by atoms with E-state index < -0.39 is 23.0 Å². The predicted molar refractivity (Wildman–Crippen MR) is 112 cm³/mol. The lowest BCUT2D eigenvalue weighted by Crippen LogP contribution is -2.51. The average molecular weight is 424 g/mol. The molecule has 1 aliphatic heterocycles. The van der Waals surface area contributed by atoms with Crippen molar-refractivity contribution >= 4 is 11.7 Å². The molecule has 1 aromatic carbocycles. The maximum absolute atomic E-state index is 14.0. The van der Waals surface area contributed by atoms with Crippen LogP contribution in [0.5, 0.6) is 0 Å². The van der Waals surface area contributed by atoms with Crippen molar-refractivity contribution in [1.82, 2.24) is 24.6 Å². The normalized spacial score (nSPS) is 14.0. The number of nitrogens with zero attached hydrogens (tertiary/aromatic N) is 5. The second-order valence-electron chi connectivity index (χ2n) is 7.30. The van der Waals surface area contributed by atoms with Gasteiger partial charge in [0.2, 0.25) is 0 Å². The Morgan fingerprint density at radius 3 is 2.48 bits per heavy atom. The maximum atomic E-state index is 14.0. The number of rotatable bonds is 4. The van der Waals surface area contributed by atoms with Crippen LogP contribution in [0.1, 0.15) is 21.6 Å². The first-order valence-electron chi connectivity index (χ1n) is 9.84. The largest absolute Gasteiger partial charge is 0.352 e. The van der Waals surface area contributed by atoms with E-state index in [1.807, 2.05) is 24.0 Å². The average Bonchev–Trinajstić information content (AvgIpc) is 2.78. The Balaban J connectivity index is 1.52. The fourth-order valence-corrected chi connectivity index (χ4v) is 3.47. The van der Waals surface area contributed by atoms with E-state index >= 15 is 0 Å². The molecule has 1 amide bonds. The molecule has 1 aliphatic rings. The molecule has 10 heteroatoms. The second kappa shape index (κ2) is 8.50. The van der Waals surface area contributed by atoms with Crippen LogP contribution in [-0.4, -0.2) is 56.7 Å². The summed E-state index contributed by atoms with van der Waals surface area (Å²) in [6.07, 6.45) is 1.13. The number of aromatic nitrogens is 4. The molecule has 1 saturated heterocycles. The summed E-state index contributed by atoms with van der Waals surface area (Å²) in [4.78, 5) is 44.0. The summed E-state index contributed by atoms with van der Waals surface area (Å²) < 4.78 is 14.8. The highest BCUT2D eigenvalue weighted by Gasteiger charge is 2.26. The zero-order chi connectivity index (χ0) is 22.0. The van der Waals surface area contributed by atoms with Gasteiger partial charge in [-0.15, -0.1) is 5.10 Å². The standard InChI is InChI=1S/C21H21FN6O3/c1-14-6-7-18(25-24-14)26-8-10-27(11-9-26)19(29)16-12-23-21(31)28(20(16)30)13-15-4-2-3-5-17(15)22/h2-7,12H,8-11,13H2,1H3,(H,23,31). The third kappa shape index (κ3) is 4.23. The van der Waals surface area contributed by atoms with Gasteiger partial charge in [-0.25, -0.2) is 9.18 Å². The van der Waals surface area contributed by atoms with E-state index in [0.29, 0.717) is 26.2 Å². The van der Waals surface area contributed by atoms with E-state index in [4.69, 9.17) is 0 Å². The molecule has 0 atom stereocenters. The summed E-state index contributed by atoms with van der Waals surface area (Å²) in [7, 11) is 0. The summed E-state index contributed by atoms with van der Waals surface area (Å²) in [5, 5.41) is 8.21. The van der Waals surface area contributed by atoms with Crippen molar-refractivity contribution < 1.29 is 9.18 Å². The maximum Gasteiger partial charge on any atom is 0.328 e.